The van der Waals surface area contributed by atoms with Crippen LogP contribution in [0.15, 0.2) is 30.9 Å². The highest BCUT2D eigenvalue weighted by Crippen LogP contribution is 2.23. The number of rotatable bonds is 3. The number of nitro groups is 1. The quantitative estimate of drug-likeness (QED) is 0.342. The van der Waals surface area contributed by atoms with E-state index in [1.165, 1.54) is 0 Å². The van der Waals surface area contributed by atoms with Crippen molar-refractivity contribution >= 4 is 11.5 Å². The van der Waals surface area contributed by atoms with Crippen LogP contribution in [0.1, 0.15) is 10.4 Å². The largest absolute Gasteiger partial charge is 0.508 e. The lowest BCUT2D eigenvalue weighted by atomic mass is 10.1. The van der Waals surface area contributed by atoms with E-state index in [9.17, 15) is 14.9 Å². The third kappa shape index (κ3) is 1.77. The number of carbonyl (C=O) groups is 1. The van der Waals surface area contributed by atoms with E-state index in [4.69, 9.17) is 5.11 Å². The molecule has 0 unspecified atom stereocenters. The molecule has 0 aliphatic heterocycles. The molecule has 0 aliphatic rings. The maximum atomic E-state index is 11.2. The summed E-state index contributed by atoms with van der Waals surface area (Å²) in [5.41, 5.74) is -0.502. The van der Waals surface area contributed by atoms with Gasteiger partial charge in [0.05, 0.1) is 4.92 Å². The number of hydrogen-bond acceptors (Lipinski definition) is 4. The average molecular weight is 193 g/mol. The highest BCUT2D eigenvalue weighted by atomic mass is 16.6. The summed E-state index contributed by atoms with van der Waals surface area (Å²) in [6, 6.07) is 3.27. The summed E-state index contributed by atoms with van der Waals surface area (Å²) in [6.07, 6.45) is 0.960. The Labute approximate surface area is 79.4 Å². The maximum Gasteiger partial charge on any atom is 0.280 e. The molecule has 0 aromatic heterocycles. The second kappa shape index (κ2) is 3.69. The first-order valence-electron chi connectivity index (χ1n) is 3.70. The lowest BCUT2D eigenvalue weighted by Crippen LogP contribution is -2.00. The molecule has 0 atom stereocenters. The molecule has 0 saturated heterocycles. The Bertz CT molecular complexity index is 411. The number of hydrogen-bond donors (Lipinski definition) is 1. The molecule has 5 heteroatoms. The zero-order valence-corrected chi connectivity index (χ0v) is 7.14. The maximum absolute atomic E-state index is 11.2. The summed E-state index contributed by atoms with van der Waals surface area (Å²) in [5, 5.41) is 19.5. The van der Waals surface area contributed by atoms with Crippen LogP contribution >= 0.6 is 0 Å². The van der Waals surface area contributed by atoms with E-state index < -0.39 is 10.7 Å². The lowest BCUT2D eigenvalue weighted by molar-refractivity contribution is -0.385. The zero-order chi connectivity index (χ0) is 10.7. The van der Waals surface area contributed by atoms with E-state index in [0.717, 1.165) is 24.3 Å². The van der Waals surface area contributed by atoms with Crippen molar-refractivity contribution in [1.82, 2.24) is 0 Å². The number of carbonyl (C=O) groups excluding carboxylic acids is 1. The van der Waals surface area contributed by atoms with Gasteiger partial charge in [-0.25, -0.2) is 0 Å². The summed E-state index contributed by atoms with van der Waals surface area (Å²) in [5.74, 6) is -0.784. The molecule has 0 bridgehead atoms. The third-order valence-corrected chi connectivity index (χ3v) is 1.63. The van der Waals surface area contributed by atoms with Gasteiger partial charge in [-0.2, -0.15) is 0 Å². The molecule has 14 heavy (non-hydrogen) atoms. The van der Waals surface area contributed by atoms with Gasteiger partial charge < -0.3 is 5.11 Å². The minimum atomic E-state index is -0.684. The summed E-state index contributed by atoms with van der Waals surface area (Å²) in [4.78, 5) is 21.0. The van der Waals surface area contributed by atoms with Crippen molar-refractivity contribution in [2.75, 3.05) is 0 Å². The predicted octanol–water partition coefficient (Wildman–Crippen LogP) is 1.67. The van der Waals surface area contributed by atoms with Crippen LogP contribution < -0.4 is 0 Å². The van der Waals surface area contributed by atoms with Gasteiger partial charge in [0.25, 0.3) is 5.69 Å². The molecule has 1 N–H and O–H groups in total. The van der Waals surface area contributed by atoms with E-state index in [0.29, 0.717) is 0 Å². The summed E-state index contributed by atoms with van der Waals surface area (Å²) in [7, 11) is 0. The van der Waals surface area contributed by atoms with E-state index in [-0.39, 0.29) is 17.0 Å². The molecule has 1 rings (SSSR count). The topological polar surface area (TPSA) is 80.4 Å². The van der Waals surface area contributed by atoms with Crippen LogP contribution in [-0.2, 0) is 0 Å². The smallest absolute Gasteiger partial charge is 0.280 e. The van der Waals surface area contributed by atoms with E-state index in [2.05, 4.69) is 6.58 Å². The summed E-state index contributed by atoms with van der Waals surface area (Å²) >= 11 is 0. The van der Waals surface area contributed by atoms with Crippen LogP contribution in [0.3, 0.4) is 0 Å². The molecule has 0 fully saturated rings. The Hall–Kier alpha value is -2.17. The van der Waals surface area contributed by atoms with E-state index in [1.807, 2.05) is 0 Å². The first kappa shape index (κ1) is 9.91. The number of phenols is 1. The van der Waals surface area contributed by atoms with Crippen molar-refractivity contribution < 1.29 is 14.8 Å². The van der Waals surface area contributed by atoms with Gasteiger partial charge in [-0.05, 0) is 18.2 Å². The molecular formula is C9H7NO4. The molecule has 0 heterocycles. The lowest BCUT2D eigenvalue weighted by Gasteiger charge is -1.99. The fourth-order valence-corrected chi connectivity index (χ4v) is 0.991. The summed E-state index contributed by atoms with van der Waals surface area (Å²) < 4.78 is 0. The number of aromatic hydroxyl groups is 1. The fraction of sp³-hybridized carbons (Fsp3) is 0. The van der Waals surface area contributed by atoms with Gasteiger partial charge in [0.1, 0.15) is 11.3 Å². The normalized spacial score (nSPS) is 9.43. The van der Waals surface area contributed by atoms with Crippen molar-refractivity contribution in [2.45, 2.75) is 0 Å². The molecule has 0 radical (unpaired) electrons. The van der Waals surface area contributed by atoms with E-state index >= 15 is 0 Å². The average Bonchev–Trinajstić information content (AvgIpc) is 2.16. The SMILES string of the molecule is C=CC(=O)c1cc(O)ccc1[N+](=O)[O-]. The van der Waals surface area contributed by atoms with Crippen molar-refractivity contribution in [3.63, 3.8) is 0 Å². The van der Waals surface area contributed by atoms with Crippen molar-refractivity contribution in [1.29, 1.82) is 0 Å². The van der Waals surface area contributed by atoms with Crippen LogP contribution in [0.4, 0.5) is 5.69 Å². The highest BCUT2D eigenvalue weighted by Gasteiger charge is 2.18. The van der Waals surface area contributed by atoms with Crippen LogP contribution in [0.25, 0.3) is 0 Å². The number of benzene rings is 1. The first-order valence-corrected chi connectivity index (χ1v) is 3.70. The van der Waals surface area contributed by atoms with Gasteiger partial charge in [0.15, 0.2) is 5.78 Å². The van der Waals surface area contributed by atoms with Crippen molar-refractivity contribution in [3.8, 4) is 5.75 Å². The van der Waals surface area contributed by atoms with Crippen LogP contribution in [0.5, 0.6) is 5.75 Å². The Kier molecular flexibility index (Phi) is 2.62. The minimum absolute atomic E-state index is 0.162. The Morgan fingerprint density at radius 2 is 2.21 bits per heavy atom. The van der Waals surface area contributed by atoms with Crippen LogP contribution in [0, 0.1) is 10.1 Å². The van der Waals surface area contributed by atoms with Gasteiger partial charge in [-0.15, -0.1) is 0 Å². The Balaban J connectivity index is 3.36. The monoisotopic (exact) mass is 193 g/mol. The molecule has 1 aromatic carbocycles. The molecule has 0 amide bonds. The Morgan fingerprint density at radius 3 is 2.71 bits per heavy atom. The molecular weight excluding hydrogens is 186 g/mol. The van der Waals surface area contributed by atoms with Gasteiger partial charge >= 0.3 is 0 Å². The minimum Gasteiger partial charge on any atom is -0.508 e. The van der Waals surface area contributed by atoms with Gasteiger partial charge in [0.2, 0.25) is 0 Å². The van der Waals surface area contributed by atoms with Crippen molar-refractivity contribution in [2.24, 2.45) is 0 Å². The number of ketones is 1. The number of nitrogens with zero attached hydrogens (tertiary/aromatic N) is 1. The Morgan fingerprint density at radius 1 is 1.57 bits per heavy atom. The van der Waals surface area contributed by atoms with Gasteiger partial charge in [0, 0.05) is 6.07 Å². The molecule has 0 saturated carbocycles. The molecule has 0 spiro atoms. The van der Waals surface area contributed by atoms with E-state index in [1.54, 1.807) is 0 Å². The number of phenolic OH excluding ortho intramolecular Hbond substituents is 1. The number of nitro benzene ring substituents is 1. The second-order valence-electron chi connectivity index (χ2n) is 2.53. The second-order valence-corrected chi connectivity index (χ2v) is 2.53. The van der Waals surface area contributed by atoms with Gasteiger partial charge in [-0.3, -0.25) is 14.9 Å². The third-order valence-electron chi connectivity index (χ3n) is 1.63. The molecule has 1 aromatic rings. The fourth-order valence-electron chi connectivity index (χ4n) is 0.991. The molecule has 72 valence electrons. The molecule has 0 aliphatic carbocycles. The summed E-state index contributed by atoms with van der Waals surface area (Å²) in [6.45, 7) is 3.21. The zero-order valence-electron chi connectivity index (χ0n) is 7.14. The van der Waals surface area contributed by atoms with Crippen LogP contribution in [-0.4, -0.2) is 15.8 Å². The van der Waals surface area contributed by atoms with Gasteiger partial charge in [-0.1, -0.05) is 6.58 Å². The number of allylic oxidation sites excluding steroid dienone is 1. The molecule has 5 nitrogen and oxygen atoms in total. The predicted molar refractivity (Wildman–Crippen MR) is 49.3 cm³/mol. The highest BCUT2D eigenvalue weighted by molar-refractivity contribution is 6.07. The van der Waals surface area contributed by atoms with Crippen molar-refractivity contribution in [3.05, 3.63) is 46.5 Å². The first-order chi connectivity index (χ1) is 6.56. The standard InChI is InChI=1S/C9H7NO4/c1-2-9(12)7-5-6(11)3-4-8(7)10(13)14/h2-5,11H,1H2. The van der Waals surface area contributed by atoms with Crippen LogP contribution in [0.2, 0.25) is 0 Å².